The second-order valence-electron chi connectivity index (χ2n) is 6.20. The predicted octanol–water partition coefficient (Wildman–Crippen LogP) is 4.40. The number of rotatable bonds is 3. The third-order valence-electron chi connectivity index (χ3n) is 4.42. The van der Waals surface area contributed by atoms with Gasteiger partial charge in [0.2, 0.25) is 0 Å². The van der Waals surface area contributed by atoms with Crippen molar-refractivity contribution in [2.24, 2.45) is 0 Å². The Hall–Kier alpha value is 0.281. The molecule has 1 aliphatic rings. The first-order valence-electron chi connectivity index (χ1n) is 6.80. The normalized spacial score (nSPS) is 15.3. The van der Waals surface area contributed by atoms with E-state index < -0.39 is 8.07 Å². The molecule has 0 aliphatic heterocycles. The third kappa shape index (κ3) is 3.39. The molecule has 17 heavy (non-hydrogen) atoms. The summed E-state index contributed by atoms with van der Waals surface area (Å²) in [4.78, 5) is 0. The summed E-state index contributed by atoms with van der Waals surface area (Å²) in [5.41, 5.74) is 6.72. The fraction of sp³-hybridized carbons (Fsp3) is 0.667. The van der Waals surface area contributed by atoms with Crippen molar-refractivity contribution in [3.8, 4) is 0 Å². The number of hydrogen-bond donors (Lipinski definition) is 0. The Labute approximate surface area is 122 Å². The molecular formula is C15H25SiTi-. The first kappa shape index (κ1) is 15.3. The zero-order chi connectivity index (χ0) is 11.8. The van der Waals surface area contributed by atoms with E-state index in [0.29, 0.717) is 0 Å². The van der Waals surface area contributed by atoms with Crippen molar-refractivity contribution in [3.05, 3.63) is 28.3 Å². The van der Waals surface area contributed by atoms with Gasteiger partial charge in [0.15, 0.2) is 0 Å². The maximum absolute atomic E-state index is 2.54. The van der Waals surface area contributed by atoms with Crippen LogP contribution >= 0.6 is 0 Å². The van der Waals surface area contributed by atoms with Gasteiger partial charge in [-0.05, 0) is 0 Å². The van der Waals surface area contributed by atoms with Crippen molar-refractivity contribution >= 4 is 8.07 Å². The molecule has 0 amide bonds. The van der Waals surface area contributed by atoms with E-state index in [1.54, 1.807) is 22.3 Å². The molecule has 0 aromatic heterocycles. The number of hydrogen-bond acceptors (Lipinski definition) is 0. The largest absolute Gasteiger partial charge is 0.207 e. The molecule has 94 valence electrons. The summed E-state index contributed by atoms with van der Waals surface area (Å²) in [6, 6.07) is 5.33. The van der Waals surface area contributed by atoms with Crippen LogP contribution in [-0.4, -0.2) is 8.07 Å². The fourth-order valence-corrected chi connectivity index (χ4v) is 4.50. The molecule has 0 atom stereocenters. The molecule has 0 saturated carbocycles. The summed E-state index contributed by atoms with van der Waals surface area (Å²) in [7, 11) is -0.964. The molecule has 2 rings (SSSR count). The molecule has 1 aromatic rings. The second kappa shape index (κ2) is 5.95. The molecule has 2 heteroatoms. The van der Waals surface area contributed by atoms with Gasteiger partial charge in [-0.1, -0.05) is 64.7 Å². The van der Waals surface area contributed by atoms with Gasteiger partial charge in [0, 0.05) is 29.8 Å². The van der Waals surface area contributed by atoms with E-state index in [-0.39, 0.29) is 21.7 Å². The summed E-state index contributed by atoms with van der Waals surface area (Å²) >= 11 is 0. The van der Waals surface area contributed by atoms with E-state index in [0.717, 1.165) is 0 Å². The van der Waals surface area contributed by atoms with Crippen molar-refractivity contribution in [2.45, 2.75) is 64.7 Å². The van der Waals surface area contributed by atoms with Crippen LogP contribution in [0.25, 0.3) is 0 Å². The Kier molecular flexibility index (Phi) is 5.37. The first-order chi connectivity index (χ1) is 7.53. The first-order valence-corrected chi connectivity index (χ1v) is 10.2. The Morgan fingerprint density at radius 1 is 1.24 bits per heavy atom. The van der Waals surface area contributed by atoms with E-state index in [4.69, 9.17) is 0 Å². The predicted molar refractivity (Wildman–Crippen MR) is 75.1 cm³/mol. The third-order valence-corrected chi connectivity index (χ3v) is 7.67. The Bertz CT molecular complexity index is 377. The van der Waals surface area contributed by atoms with E-state index in [1.165, 1.54) is 37.8 Å². The van der Waals surface area contributed by atoms with Crippen LogP contribution in [0.5, 0.6) is 0 Å². The molecule has 1 aromatic carbocycles. The Balaban J connectivity index is 0.00000144. The maximum Gasteiger partial charge on any atom is 0.0493 e. The van der Waals surface area contributed by atoms with Crippen LogP contribution in [0.2, 0.25) is 19.1 Å². The molecular weight excluding hydrogens is 256 g/mol. The molecule has 0 N–H and O–H groups in total. The molecule has 0 fully saturated rings. The average molecular weight is 281 g/mol. The van der Waals surface area contributed by atoms with Crippen LogP contribution in [0.4, 0.5) is 0 Å². The summed E-state index contributed by atoms with van der Waals surface area (Å²) in [5.74, 6) is 0. The number of fused-ring (bicyclic) bond motifs is 1. The van der Waals surface area contributed by atoms with Crippen LogP contribution in [0, 0.1) is 6.92 Å². The van der Waals surface area contributed by atoms with Gasteiger partial charge in [0.25, 0.3) is 0 Å². The van der Waals surface area contributed by atoms with Gasteiger partial charge in [0.1, 0.15) is 0 Å². The van der Waals surface area contributed by atoms with E-state index in [9.17, 15) is 0 Å². The van der Waals surface area contributed by atoms with Crippen molar-refractivity contribution in [1.29, 1.82) is 0 Å². The van der Waals surface area contributed by atoms with Gasteiger partial charge in [-0.3, -0.25) is 0 Å². The monoisotopic (exact) mass is 281 g/mol. The molecule has 0 spiro atoms. The molecule has 0 saturated heterocycles. The van der Waals surface area contributed by atoms with Crippen LogP contribution < -0.4 is 0 Å². The Morgan fingerprint density at radius 3 is 2.47 bits per heavy atom. The molecule has 0 radical (unpaired) electrons. The molecule has 0 bridgehead atoms. The standard InChI is InChI=1S/C15H25Si.Ti/c1-5-16(3,4)11-14-10-13-8-6-7-9-15(13)12(14)2;/h10H,5-9,11H2,1-4H3;/q-1;. The summed E-state index contributed by atoms with van der Waals surface area (Å²) in [6.45, 7) is 9.78. The van der Waals surface area contributed by atoms with E-state index in [1.807, 2.05) is 0 Å². The van der Waals surface area contributed by atoms with E-state index >= 15 is 0 Å². The minimum Gasteiger partial charge on any atom is -0.207 e. The van der Waals surface area contributed by atoms with Crippen LogP contribution in [0.1, 0.15) is 42.0 Å². The zero-order valence-corrected chi connectivity index (χ0v) is 14.4. The van der Waals surface area contributed by atoms with Crippen LogP contribution in [0.3, 0.4) is 0 Å². The van der Waals surface area contributed by atoms with Gasteiger partial charge >= 0.3 is 0 Å². The summed E-state index contributed by atoms with van der Waals surface area (Å²) < 4.78 is 0. The van der Waals surface area contributed by atoms with Gasteiger partial charge in [-0.25, -0.2) is 6.07 Å². The van der Waals surface area contributed by atoms with E-state index in [2.05, 4.69) is 33.0 Å². The smallest absolute Gasteiger partial charge is 0.0493 e. The fourth-order valence-electron chi connectivity index (χ4n) is 2.85. The number of aryl methyl sites for hydroxylation is 1. The topological polar surface area (TPSA) is 0 Å². The van der Waals surface area contributed by atoms with Crippen LogP contribution in [0.15, 0.2) is 6.07 Å². The summed E-state index contributed by atoms with van der Waals surface area (Å²) in [6.07, 6.45) is 5.50. The van der Waals surface area contributed by atoms with Gasteiger partial charge in [-0.15, -0.1) is 0 Å². The minimum atomic E-state index is -0.964. The summed E-state index contributed by atoms with van der Waals surface area (Å²) in [5, 5.41) is 0. The SMILES string of the molecule is CC[Si](C)(C)Cc1cc2c([c-]1C)CCCC2.[Ti]. The van der Waals surface area contributed by atoms with Crippen molar-refractivity contribution in [3.63, 3.8) is 0 Å². The van der Waals surface area contributed by atoms with Gasteiger partial charge < -0.3 is 0 Å². The van der Waals surface area contributed by atoms with Crippen LogP contribution in [-0.2, 0) is 40.6 Å². The van der Waals surface area contributed by atoms with Gasteiger partial charge in [0.05, 0.1) is 0 Å². The van der Waals surface area contributed by atoms with Crippen molar-refractivity contribution in [1.82, 2.24) is 0 Å². The zero-order valence-electron chi connectivity index (χ0n) is 11.8. The molecule has 0 unspecified atom stereocenters. The molecule has 1 aliphatic carbocycles. The second-order valence-corrected chi connectivity index (χ2v) is 11.6. The van der Waals surface area contributed by atoms with Crippen molar-refractivity contribution in [2.75, 3.05) is 0 Å². The average Bonchev–Trinajstić information content (AvgIpc) is 2.56. The van der Waals surface area contributed by atoms with Crippen molar-refractivity contribution < 1.29 is 21.7 Å². The molecule has 0 nitrogen and oxygen atoms in total. The molecule has 0 heterocycles. The minimum absolute atomic E-state index is 0. The van der Waals surface area contributed by atoms with Gasteiger partial charge in [-0.2, -0.15) is 22.3 Å². The quantitative estimate of drug-likeness (QED) is 0.569. The Morgan fingerprint density at radius 2 is 1.88 bits per heavy atom. The maximum atomic E-state index is 2.54.